The quantitative estimate of drug-likeness (QED) is 0.404. The van der Waals surface area contributed by atoms with E-state index in [-0.39, 0.29) is 0 Å². The molecule has 0 aliphatic carbocycles. The third-order valence-electron chi connectivity index (χ3n) is 5.61. The number of aryl methyl sites for hydroxylation is 1. The van der Waals surface area contributed by atoms with Crippen LogP contribution in [0, 0.1) is 6.92 Å². The van der Waals surface area contributed by atoms with Crippen molar-refractivity contribution < 1.29 is 14.5 Å². The first-order valence-electron chi connectivity index (χ1n) is 11.3. The number of aromatic nitrogens is 4. The summed E-state index contributed by atoms with van der Waals surface area (Å²) in [5.41, 5.74) is 5.03. The van der Waals surface area contributed by atoms with Crippen LogP contribution in [0.1, 0.15) is 17.0 Å². The molecule has 4 aromatic rings. The first-order chi connectivity index (χ1) is 16.2. The lowest BCUT2D eigenvalue weighted by Crippen LogP contribution is -2.37. The minimum atomic E-state index is 0.557. The van der Waals surface area contributed by atoms with Crippen LogP contribution in [-0.4, -0.2) is 47.9 Å². The summed E-state index contributed by atoms with van der Waals surface area (Å²) in [6.45, 7) is 6.21. The number of hydrogen-bond donors (Lipinski definition) is 2. The minimum Gasteiger partial charge on any atom is -0.378 e. The number of imidazole rings is 1. The van der Waals surface area contributed by atoms with Crippen LogP contribution in [-0.2, 0) is 22.5 Å². The molecule has 1 aliphatic heterocycles. The number of ether oxygens (including phenoxy) is 2. The lowest BCUT2D eigenvalue weighted by molar-refractivity contribution is -0.329. The molecule has 0 atom stereocenters. The van der Waals surface area contributed by atoms with E-state index in [9.17, 15) is 0 Å². The fourth-order valence-corrected chi connectivity index (χ4v) is 3.95. The van der Waals surface area contributed by atoms with Crippen molar-refractivity contribution in [1.29, 1.82) is 0 Å². The van der Waals surface area contributed by atoms with E-state index in [0.29, 0.717) is 32.8 Å². The Morgan fingerprint density at radius 1 is 1.09 bits per heavy atom. The molecule has 0 amide bonds. The van der Waals surface area contributed by atoms with E-state index < -0.39 is 0 Å². The molecule has 170 valence electrons. The first-order valence-corrected chi connectivity index (χ1v) is 11.3. The lowest BCUT2D eigenvalue weighted by Gasteiger charge is -2.27. The van der Waals surface area contributed by atoms with E-state index >= 15 is 0 Å². The molecule has 0 bridgehead atoms. The summed E-state index contributed by atoms with van der Waals surface area (Å²) in [7, 11) is 0. The minimum absolute atomic E-state index is 0.557. The summed E-state index contributed by atoms with van der Waals surface area (Å²) < 4.78 is 11.4. The monoisotopic (exact) mass is 445 g/mol. The molecule has 1 saturated heterocycles. The fraction of sp³-hybridized carbons (Fsp3) is 0.320. The summed E-state index contributed by atoms with van der Waals surface area (Å²) >= 11 is 0. The highest BCUT2D eigenvalue weighted by molar-refractivity contribution is 5.82. The second-order valence-electron chi connectivity index (χ2n) is 8.19. The van der Waals surface area contributed by atoms with Gasteiger partial charge in [-0.05, 0) is 30.2 Å². The van der Waals surface area contributed by atoms with Gasteiger partial charge in [0.15, 0.2) is 17.2 Å². The number of hydrogen-bond acceptors (Lipinski definition) is 6. The van der Waals surface area contributed by atoms with Crippen molar-refractivity contribution in [2.75, 3.05) is 43.1 Å². The third kappa shape index (κ3) is 5.30. The van der Waals surface area contributed by atoms with Crippen molar-refractivity contribution in [3.63, 3.8) is 0 Å². The zero-order chi connectivity index (χ0) is 22.5. The van der Waals surface area contributed by atoms with Gasteiger partial charge in [0.25, 0.3) is 5.65 Å². The maximum atomic E-state index is 5.87. The van der Waals surface area contributed by atoms with Gasteiger partial charge < -0.3 is 14.4 Å². The molecule has 0 unspecified atom stereocenters. The van der Waals surface area contributed by atoms with Crippen LogP contribution in [0.25, 0.3) is 11.2 Å². The summed E-state index contributed by atoms with van der Waals surface area (Å²) in [6.07, 6.45) is 0.639. The van der Waals surface area contributed by atoms with Crippen molar-refractivity contribution >= 4 is 28.6 Å². The molecule has 3 N–H and O–H groups in total. The normalized spacial score (nSPS) is 14.0. The molecule has 0 radical (unpaired) electrons. The fourth-order valence-electron chi connectivity index (χ4n) is 3.95. The second-order valence-corrected chi connectivity index (χ2v) is 8.19. The van der Waals surface area contributed by atoms with Gasteiger partial charge in [-0.2, -0.15) is 0 Å². The molecule has 3 heterocycles. The molecule has 5 rings (SSSR count). The molecule has 2 aromatic carbocycles. The van der Waals surface area contributed by atoms with Gasteiger partial charge in [0, 0.05) is 19.5 Å². The van der Waals surface area contributed by atoms with Gasteiger partial charge in [0.2, 0.25) is 0 Å². The highest BCUT2D eigenvalue weighted by atomic mass is 16.5. The topological polar surface area (TPSA) is 89.4 Å². The van der Waals surface area contributed by atoms with E-state index in [4.69, 9.17) is 19.4 Å². The molecule has 8 heteroatoms. The van der Waals surface area contributed by atoms with Gasteiger partial charge in [0.1, 0.15) is 0 Å². The Balaban J connectivity index is 1.36. The van der Waals surface area contributed by atoms with Crippen LogP contribution in [0.15, 0.2) is 54.6 Å². The predicted octanol–water partition coefficient (Wildman–Crippen LogP) is 3.42. The Bertz CT molecular complexity index is 1200. The number of H-pyrrole nitrogens is 2. The smallest absolute Gasteiger partial charge is 0.317 e. The van der Waals surface area contributed by atoms with Gasteiger partial charge in [-0.1, -0.05) is 42.5 Å². The number of benzene rings is 2. The summed E-state index contributed by atoms with van der Waals surface area (Å²) in [5, 5.41) is 3.41. The van der Waals surface area contributed by atoms with E-state index in [0.717, 1.165) is 53.1 Å². The third-order valence-corrected chi connectivity index (χ3v) is 5.61. The Morgan fingerprint density at radius 2 is 1.94 bits per heavy atom. The number of anilines is 3. The number of rotatable bonds is 8. The number of fused-ring (bicyclic) bond motifs is 1. The van der Waals surface area contributed by atoms with Crippen LogP contribution in [0.4, 0.5) is 17.5 Å². The zero-order valence-corrected chi connectivity index (χ0v) is 18.8. The van der Waals surface area contributed by atoms with Crippen molar-refractivity contribution in [2.24, 2.45) is 0 Å². The van der Waals surface area contributed by atoms with Gasteiger partial charge in [-0.15, -0.1) is 4.98 Å². The highest BCUT2D eigenvalue weighted by Crippen LogP contribution is 2.24. The first kappa shape index (κ1) is 21.4. The number of morpholine rings is 1. The molecular formula is C25H29N6O2+. The molecular weight excluding hydrogens is 416 g/mol. The predicted molar refractivity (Wildman–Crippen MR) is 128 cm³/mol. The van der Waals surface area contributed by atoms with Crippen LogP contribution >= 0.6 is 0 Å². The second kappa shape index (κ2) is 9.97. The average molecular weight is 446 g/mol. The summed E-state index contributed by atoms with van der Waals surface area (Å²) in [5.74, 6) is 2.43. The molecule has 1 aliphatic rings. The van der Waals surface area contributed by atoms with Gasteiger partial charge in [0.05, 0.1) is 32.1 Å². The standard InChI is InChI=1S/C25H28N6O2/c1-18-6-5-9-20(16-18)26-25-29-22-23(30-25)27-21(28-24(22)31-11-14-32-15-12-31)10-13-33-17-19-7-3-2-4-8-19/h2-9,16H,10-15,17H2,1H3,(H2,26,27,28,29,30)/p+1. The summed E-state index contributed by atoms with van der Waals surface area (Å²) in [4.78, 5) is 18.8. The van der Waals surface area contributed by atoms with E-state index in [1.807, 2.05) is 30.3 Å². The van der Waals surface area contributed by atoms with E-state index in [1.165, 1.54) is 5.56 Å². The maximum absolute atomic E-state index is 5.87. The largest absolute Gasteiger partial charge is 0.378 e. The highest BCUT2D eigenvalue weighted by Gasteiger charge is 2.23. The zero-order valence-electron chi connectivity index (χ0n) is 18.8. The van der Waals surface area contributed by atoms with Crippen molar-refractivity contribution in [3.8, 4) is 0 Å². The van der Waals surface area contributed by atoms with Crippen molar-refractivity contribution in [3.05, 3.63) is 71.5 Å². The Kier molecular flexibility index (Phi) is 6.46. The number of aromatic amines is 2. The lowest BCUT2D eigenvalue weighted by atomic mass is 10.2. The van der Waals surface area contributed by atoms with E-state index in [2.05, 4.69) is 51.4 Å². The van der Waals surface area contributed by atoms with Crippen molar-refractivity contribution in [1.82, 2.24) is 15.0 Å². The Labute approximate surface area is 193 Å². The Hall–Kier alpha value is -3.49. The average Bonchev–Trinajstić information content (AvgIpc) is 3.25. The molecule has 0 spiro atoms. The van der Waals surface area contributed by atoms with E-state index in [1.54, 1.807) is 0 Å². The SMILES string of the molecule is Cc1cccc(Nc2[nH]c3c(N4CCOCC4)nc(CCOCc4ccccc4)nc3[nH+]2)c1. The molecule has 33 heavy (non-hydrogen) atoms. The van der Waals surface area contributed by atoms with Crippen LogP contribution in [0.5, 0.6) is 0 Å². The molecule has 0 saturated carbocycles. The van der Waals surface area contributed by atoms with Crippen LogP contribution in [0.2, 0.25) is 0 Å². The summed E-state index contributed by atoms with van der Waals surface area (Å²) in [6, 6.07) is 18.4. The van der Waals surface area contributed by atoms with Gasteiger partial charge in [-0.25, -0.2) is 9.97 Å². The number of nitrogens with zero attached hydrogens (tertiary/aromatic N) is 3. The molecule has 1 fully saturated rings. The van der Waals surface area contributed by atoms with Crippen molar-refractivity contribution in [2.45, 2.75) is 20.0 Å². The number of nitrogens with one attached hydrogen (secondary N) is 3. The molecule has 8 nitrogen and oxygen atoms in total. The molecule has 2 aromatic heterocycles. The van der Waals surface area contributed by atoms with Crippen LogP contribution in [0.3, 0.4) is 0 Å². The Morgan fingerprint density at radius 3 is 2.76 bits per heavy atom. The van der Waals surface area contributed by atoms with Gasteiger partial charge >= 0.3 is 5.95 Å². The van der Waals surface area contributed by atoms with Crippen LogP contribution < -0.4 is 15.2 Å². The maximum Gasteiger partial charge on any atom is 0.317 e. The van der Waals surface area contributed by atoms with Gasteiger partial charge in [-0.3, -0.25) is 10.3 Å².